The molecule has 4 aromatic rings. The fourth-order valence-electron chi connectivity index (χ4n) is 4.06. The second-order valence-electron chi connectivity index (χ2n) is 7.99. The molecule has 2 aromatic heterocycles. The normalized spacial score (nSPS) is 17.4. The van der Waals surface area contributed by atoms with Gasteiger partial charge in [0.25, 0.3) is 0 Å². The number of benzene rings is 2. The molecular weight excluding hydrogens is 431 g/mol. The minimum absolute atomic E-state index is 0.0155. The summed E-state index contributed by atoms with van der Waals surface area (Å²) in [6.07, 6.45) is -4.52. The Kier molecular flexibility index (Phi) is 5.47. The minimum Gasteiger partial charge on any atom is -0.323 e. The monoisotopic (exact) mass is 453 g/mol. The maximum atomic E-state index is 13.7. The van der Waals surface area contributed by atoms with Gasteiger partial charge in [-0.3, -0.25) is 10.00 Å². The van der Waals surface area contributed by atoms with Gasteiger partial charge in [0.05, 0.1) is 22.8 Å². The van der Waals surface area contributed by atoms with Crippen molar-refractivity contribution < 1.29 is 13.2 Å². The SMILES string of the molecule is CN1CCNCC1c1cc(Nc2n[nH]c3ccccc23)nc(-c2ccccc2C(F)(F)F)n1. The molecule has 0 amide bonds. The number of anilines is 2. The number of nitrogens with one attached hydrogen (secondary N) is 3. The van der Waals surface area contributed by atoms with E-state index < -0.39 is 11.7 Å². The lowest BCUT2D eigenvalue weighted by Crippen LogP contribution is -2.44. The molecule has 5 rings (SSSR count). The van der Waals surface area contributed by atoms with E-state index in [-0.39, 0.29) is 17.4 Å². The van der Waals surface area contributed by atoms with E-state index in [4.69, 9.17) is 0 Å². The summed E-state index contributed by atoms with van der Waals surface area (Å²) >= 11 is 0. The highest BCUT2D eigenvalue weighted by Gasteiger charge is 2.34. The Balaban J connectivity index is 1.63. The zero-order valence-electron chi connectivity index (χ0n) is 17.8. The van der Waals surface area contributed by atoms with Crippen LogP contribution in [0.3, 0.4) is 0 Å². The van der Waals surface area contributed by atoms with E-state index in [1.54, 1.807) is 12.1 Å². The highest BCUT2D eigenvalue weighted by molar-refractivity contribution is 5.91. The van der Waals surface area contributed by atoms with Gasteiger partial charge in [-0.2, -0.15) is 18.3 Å². The fourth-order valence-corrected chi connectivity index (χ4v) is 4.06. The maximum Gasteiger partial charge on any atom is 0.417 e. The summed E-state index contributed by atoms with van der Waals surface area (Å²) < 4.78 is 41.2. The number of fused-ring (bicyclic) bond motifs is 1. The molecule has 0 radical (unpaired) electrons. The van der Waals surface area contributed by atoms with Crippen molar-refractivity contribution in [2.24, 2.45) is 0 Å². The number of rotatable bonds is 4. The lowest BCUT2D eigenvalue weighted by Gasteiger charge is -2.32. The summed E-state index contributed by atoms with van der Waals surface area (Å²) in [6, 6.07) is 14.6. The number of H-pyrrole nitrogens is 1. The molecule has 1 unspecified atom stereocenters. The van der Waals surface area contributed by atoms with Crippen molar-refractivity contribution >= 4 is 22.5 Å². The number of alkyl halides is 3. The van der Waals surface area contributed by atoms with E-state index in [0.717, 1.165) is 30.1 Å². The second-order valence-corrected chi connectivity index (χ2v) is 7.99. The third-order valence-electron chi connectivity index (χ3n) is 5.79. The topological polar surface area (TPSA) is 81.8 Å². The Bertz CT molecular complexity index is 1280. The maximum absolute atomic E-state index is 13.7. The summed E-state index contributed by atoms with van der Waals surface area (Å²) in [6.45, 7) is 2.28. The van der Waals surface area contributed by atoms with Gasteiger partial charge in [-0.25, -0.2) is 9.97 Å². The van der Waals surface area contributed by atoms with Crippen LogP contribution < -0.4 is 10.6 Å². The Morgan fingerprint density at radius 1 is 1.06 bits per heavy atom. The van der Waals surface area contributed by atoms with Gasteiger partial charge in [0.15, 0.2) is 11.6 Å². The lowest BCUT2D eigenvalue weighted by atomic mass is 10.1. The summed E-state index contributed by atoms with van der Waals surface area (Å²) in [5.74, 6) is 0.936. The largest absolute Gasteiger partial charge is 0.417 e. The first-order valence-corrected chi connectivity index (χ1v) is 10.6. The summed E-state index contributed by atoms with van der Waals surface area (Å²) in [7, 11) is 1.98. The van der Waals surface area contributed by atoms with E-state index in [0.29, 0.717) is 23.9 Å². The fraction of sp³-hybridized carbons (Fsp3) is 0.261. The molecule has 2 aromatic carbocycles. The molecule has 0 aliphatic carbocycles. The first-order chi connectivity index (χ1) is 15.9. The van der Waals surface area contributed by atoms with E-state index >= 15 is 0 Å². The molecular formula is C23H22F3N7. The summed E-state index contributed by atoms with van der Waals surface area (Å²) in [5.41, 5.74) is 0.642. The molecule has 7 nitrogen and oxygen atoms in total. The van der Waals surface area contributed by atoms with Crippen molar-refractivity contribution in [2.75, 3.05) is 32.0 Å². The van der Waals surface area contributed by atoms with E-state index in [9.17, 15) is 13.2 Å². The number of aromatic nitrogens is 4. The van der Waals surface area contributed by atoms with E-state index in [2.05, 4.69) is 35.7 Å². The zero-order chi connectivity index (χ0) is 23.0. The first-order valence-electron chi connectivity index (χ1n) is 10.6. The van der Waals surface area contributed by atoms with Gasteiger partial charge < -0.3 is 10.6 Å². The van der Waals surface area contributed by atoms with Crippen molar-refractivity contribution in [1.29, 1.82) is 0 Å². The molecule has 33 heavy (non-hydrogen) atoms. The number of likely N-dealkylation sites (N-methyl/N-ethyl adjacent to an activating group) is 1. The smallest absolute Gasteiger partial charge is 0.323 e. The van der Waals surface area contributed by atoms with Crippen molar-refractivity contribution in [3.8, 4) is 11.4 Å². The highest BCUT2D eigenvalue weighted by Crippen LogP contribution is 2.37. The van der Waals surface area contributed by atoms with Gasteiger partial charge in [0.2, 0.25) is 0 Å². The molecule has 10 heteroatoms. The number of hydrogen-bond donors (Lipinski definition) is 3. The predicted octanol–water partition coefficient (Wildman–Crippen LogP) is 4.36. The molecule has 1 aliphatic rings. The van der Waals surface area contributed by atoms with Crippen molar-refractivity contribution in [2.45, 2.75) is 12.2 Å². The quantitative estimate of drug-likeness (QED) is 0.426. The first kappa shape index (κ1) is 21.4. The average molecular weight is 453 g/mol. The van der Waals surface area contributed by atoms with E-state index in [1.807, 2.05) is 31.3 Å². The Hall–Kier alpha value is -3.50. The molecule has 1 aliphatic heterocycles. The van der Waals surface area contributed by atoms with Crippen LogP contribution in [0.5, 0.6) is 0 Å². The molecule has 0 saturated carbocycles. The number of aromatic amines is 1. The Labute approximate surface area is 188 Å². The van der Waals surface area contributed by atoms with Crippen LogP contribution in [0.4, 0.5) is 24.8 Å². The highest BCUT2D eigenvalue weighted by atomic mass is 19.4. The average Bonchev–Trinajstić information content (AvgIpc) is 3.21. The molecule has 1 fully saturated rings. The standard InChI is InChI=1S/C23H22F3N7/c1-33-11-10-27-13-19(33)18-12-20(30-22-15-7-3-5-9-17(15)31-32-22)29-21(28-18)14-6-2-4-8-16(14)23(24,25)26/h2-9,12,19,27H,10-11,13H2,1H3,(H2,28,29,30,31,32). The van der Waals surface area contributed by atoms with Gasteiger partial charge in [0.1, 0.15) is 5.82 Å². The predicted molar refractivity (Wildman–Crippen MR) is 120 cm³/mol. The van der Waals surface area contributed by atoms with Crippen LogP contribution in [0.15, 0.2) is 54.6 Å². The second kappa shape index (κ2) is 8.45. The van der Waals surface area contributed by atoms with E-state index in [1.165, 1.54) is 12.1 Å². The summed E-state index contributed by atoms with van der Waals surface area (Å²) in [5, 5.41) is 14.6. The number of hydrogen-bond acceptors (Lipinski definition) is 6. The van der Waals surface area contributed by atoms with Gasteiger partial charge in [-0.1, -0.05) is 30.3 Å². The number of para-hydroxylation sites is 1. The van der Waals surface area contributed by atoms with Crippen LogP contribution in [0, 0.1) is 0 Å². The van der Waals surface area contributed by atoms with Crippen LogP contribution in [-0.2, 0) is 6.18 Å². The molecule has 3 N–H and O–H groups in total. The van der Waals surface area contributed by atoms with Crippen molar-refractivity contribution in [3.05, 3.63) is 65.9 Å². The number of halogens is 3. The minimum atomic E-state index is -4.52. The van der Waals surface area contributed by atoms with Crippen LogP contribution in [0.1, 0.15) is 17.3 Å². The van der Waals surface area contributed by atoms with Crippen LogP contribution >= 0.6 is 0 Å². The number of piperazine rings is 1. The van der Waals surface area contributed by atoms with Crippen LogP contribution in [0.2, 0.25) is 0 Å². The molecule has 1 saturated heterocycles. The third kappa shape index (κ3) is 4.27. The van der Waals surface area contributed by atoms with Gasteiger partial charge >= 0.3 is 6.18 Å². The third-order valence-corrected chi connectivity index (χ3v) is 5.79. The summed E-state index contributed by atoms with van der Waals surface area (Å²) in [4.78, 5) is 11.2. The van der Waals surface area contributed by atoms with Gasteiger partial charge in [0, 0.05) is 36.7 Å². The number of nitrogens with zero attached hydrogens (tertiary/aromatic N) is 4. The van der Waals surface area contributed by atoms with Crippen molar-refractivity contribution in [1.82, 2.24) is 30.4 Å². The van der Waals surface area contributed by atoms with Crippen molar-refractivity contribution in [3.63, 3.8) is 0 Å². The molecule has 0 bridgehead atoms. The molecule has 1 atom stereocenters. The molecule has 170 valence electrons. The zero-order valence-corrected chi connectivity index (χ0v) is 17.8. The van der Waals surface area contributed by atoms with Crippen LogP contribution in [-0.4, -0.2) is 51.7 Å². The Morgan fingerprint density at radius 3 is 2.67 bits per heavy atom. The van der Waals surface area contributed by atoms with Gasteiger partial charge in [-0.05, 0) is 25.2 Å². The lowest BCUT2D eigenvalue weighted by molar-refractivity contribution is -0.137. The molecule has 3 heterocycles. The molecule has 0 spiro atoms. The van der Waals surface area contributed by atoms with Crippen LogP contribution in [0.25, 0.3) is 22.3 Å². The Morgan fingerprint density at radius 2 is 1.85 bits per heavy atom. The van der Waals surface area contributed by atoms with Gasteiger partial charge in [-0.15, -0.1) is 0 Å².